The minimum atomic E-state index is -0.799. The second kappa shape index (κ2) is 10.2. The molecule has 3 amide bonds. The molecule has 12 heteroatoms. The molecule has 190 valence electrons. The van der Waals surface area contributed by atoms with Gasteiger partial charge in [-0.1, -0.05) is 18.2 Å². The molecule has 1 unspecified atom stereocenters. The molecule has 3 heterocycles. The van der Waals surface area contributed by atoms with Crippen LogP contribution in [0.1, 0.15) is 33.8 Å². The quantitative estimate of drug-likeness (QED) is 0.272. The van der Waals surface area contributed by atoms with Gasteiger partial charge in [0.15, 0.2) is 11.5 Å². The highest BCUT2D eigenvalue weighted by molar-refractivity contribution is 6.13. The highest BCUT2D eigenvalue weighted by Gasteiger charge is 2.26. The van der Waals surface area contributed by atoms with Crippen LogP contribution >= 0.6 is 0 Å². The Bertz CT molecular complexity index is 1450. The normalized spacial score (nSPS) is 15.9. The first kappa shape index (κ1) is 24.1. The van der Waals surface area contributed by atoms with Crippen molar-refractivity contribution >= 4 is 46.1 Å². The van der Waals surface area contributed by atoms with E-state index in [1.165, 1.54) is 24.5 Å². The number of halogens is 1. The van der Waals surface area contributed by atoms with Crippen molar-refractivity contribution in [1.82, 2.24) is 24.8 Å². The zero-order chi connectivity index (χ0) is 25.9. The van der Waals surface area contributed by atoms with Crippen LogP contribution < -0.4 is 16.0 Å². The third kappa shape index (κ3) is 5.19. The summed E-state index contributed by atoms with van der Waals surface area (Å²) < 4.78 is 15.2. The van der Waals surface area contributed by atoms with Gasteiger partial charge in [-0.25, -0.2) is 14.4 Å². The summed E-state index contributed by atoms with van der Waals surface area (Å²) in [4.78, 5) is 54.2. The SMILES string of the molecule is CN1CCCC(C(=O)Nc2cccc(NC(=O)c3nc[nH]c3C(=O)Nc3nc4ccccc4[nH]3)c2F)C1. The van der Waals surface area contributed by atoms with Crippen molar-refractivity contribution in [2.45, 2.75) is 12.8 Å². The minimum absolute atomic E-state index is 0.0408. The van der Waals surface area contributed by atoms with Gasteiger partial charge in [-0.15, -0.1) is 0 Å². The fourth-order valence-electron chi connectivity index (χ4n) is 4.34. The molecule has 1 aliphatic heterocycles. The predicted octanol–water partition coefficient (Wildman–Crippen LogP) is 3.21. The summed E-state index contributed by atoms with van der Waals surface area (Å²) in [6.45, 7) is 1.52. The maximum atomic E-state index is 15.2. The van der Waals surface area contributed by atoms with Gasteiger partial charge in [0, 0.05) is 6.54 Å². The standard InChI is InChI=1S/C25H25FN8O3/c1-34-11-5-6-14(12-34)22(35)29-17-9-4-10-18(19(17)26)30-23(36)20-21(28-13-27-20)24(37)33-25-31-15-7-2-3-8-16(15)32-25/h2-4,7-10,13-14H,5-6,11-12H2,1H3,(H,27,28)(H,29,35)(H,30,36)(H2,31,32,33,37). The number of carbonyl (C=O) groups is 3. The van der Waals surface area contributed by atoms with Gasteiger partial charge in [-0.05, 0) is 50.7 Å². The van der Waals surface area contributed by atoms with Gasteiger partial charge >= 0.3 is 0 Å². The molecule has 0 saturated carbocycles. The number of hydrogen-bond donors (Lipinski definition) is 5. The fraction of sp³-hybridized carbons (Fsp3) is 0.240. The van der Waals surface area contributed by atoms with Crippen molar-refractivity contribution in [2.75, 3.05) is 36.1 Å². The molecule has 0 spiro atoms. The molecule has 0 aliphatic carbocycles. The van der Waals surface area contributed by atoms with Crippen LogP contribution in [-0.4, -0.2) is 62.7 Å². The lowest BCUT2D eigenvalue weighted by molar-refractivity contribution is -0.121. The number of nitrogens with zero attached hydrogens (tertiary/aromatic N) is 3. The molecular weight excluding hydrogens is 479 g/mol. The number of para-hydroxylation sites is 2. The molecule has 1 saturated heterocycles. The van der Waals surface area contributed by atoms with Crippen LogP contribution in [0.3, 0.4) is 0 Å². The number of likely N-dealkylation sites (tertiary alicyclic amines) is 1. The van der Waals surface area contributed by atoms with Crippen molar-refractivity contribution in [1.29, 1.82) is 0 Å². The number of nitrogens with one attached hydrogen (secondary N) is 5. The van der Waals surface area contributed by atoms with Gasteiger partial charge < -0.3 is 25.5 Å². The number of hydrogen-bond acceptors (Lipinski definition) is 6. The number of benzene rings is 2. The number of imidazole rings is 2. The molecule has 5 rings (SSSR count). The van der Waals surface area contributed by atoms with Crippen LogP contribution in [0.5, 0.6) is 0 Å². The lowest BCUT2D eigenvalue weighted by atomic mass is 9.97. The second-order valence-electron chi connectivity index (χ2n) is 8.89. The summed E-state index contributed by atoms with van der Waals surface area (Å²) >= 11 is 0. The van der Waals surface area contributed by atoms with E-state index in [1.807, 2.05) is 25.2 Å². The average molecular weight is 505 g/mol. The summed E-state index contributed by atoms with van der Waals surface area (Å²) in [5.41, 5.74) is 0.852. The first-order valence-corrected chi connectivity index (χ1v) is 11.8. The van der Waals surface area contributed by atoms with Crippen LogP contribution in [0.15, 0.2) is 48.8 Å². The van der Waals surface area contributed by atoms with Crippen LogP contribution in [0.2, 0.25) is 0 Å². The number of piperidine rings is 1. The van der Waals surface area contributed by atoms with Gasteiger partial charge in [0.1, 0.15) is 5.69 Å². The van der Waals surface area contributed by atoms with Crippen LogP contribution in [0.4, 0.5) is 21.7 Å². The summed E-state index contributed by atoms with van der Waals surface area (Å²) in [5.74, 6) is -2.56. The van der Waals surface area contributed by atoms with Crippen molar-refractivity contribution in [3.8, 4) is 0 Å². The van der Waals surface area contributed by atoms with Gasteiger partial charge in [0.25, 0.3) is 11.8 Å². The number of H-pyrrole nitrogens is 2. The Labute approximate surface area is 210 Å². The third-order valence-corrected chi connectivity index (χ3v) is 6.20. The zero-order valence-corrected chi connectivity index (χ0v) is 20.0. The van der Waals surface area contributed by atoms with E-state index in [1.54, 1.807) is 6.07 Å². The average Bonchev–Trinajstić information content (AvgIpc) is 3.53. The molecule has 0 bridgehead atoms. The zero-order valence-electron chi connectivity index (χ0n) is 20.0. The molecule has 4 aromatic rings. The smallest absolute Gasteiger partial charge is 0.276 e. The Hall–Kier alpha value is -4.58. The molecule has 1 atom stereocenters. The van der Waals surface area contributed by atoms with Gasteiger partial charge in [0.2, 0.25) is 11.9 Å². The highest BCUT2D eigenvalue weighted by Crippen LogP contribution is 2.25. The fourth-order valence-corrected chi connectivity index (χ4v) is 4.34. The number of amides is 3. The predicted molar refractivity (Wildman–Crippen MR) is 136 cm³/mol. The van der Waals surface area contributed by atoms with E-state index in [0.717, 1.165) is 24.9 Å². The number of fused-ring (bicyclic) bond motifs is 1. The van der Waals surface area contributed by atoms with Crippen LogP contribution in [-0.2, 0) is 4.79 Å². The first-order chi connectivity index (χ1) is 17.9. The van der Waals surface area contributed by atoms with Gasteiger partial charge in [-0.2, -0.15) is 0 Å². The van der Waals surface area contributed by atoms with E-state index >= 15 is 4.39 Å². The summed E-state index contributed by atoms with van der Waals surface area (Å²) in [5, 5.41) is 7.65. The van der Waals surface area contributed by atoms with E-state index in [-0.39, 0.29) is 40.5 Å². The molecule has 0 radical (unpaired) electrons. The summed E-state index contributed by atoms with van der Waals surface area (Å²) in [7, 11) is 1.94. The molecule has 2 aromatic carbocycles. The second-order valence-corrected chi connectivity index (χ2v) is 8.89. The monoisotopic (exact) mass is 504 g/mol. The Morgan fingerprint density at radius 3 is 2.59 bits per heavy atom. The number of anilines is 3. The van der Waals surface area contributed by atoms with E-state index in [9.17, 15) is 14.4 Å². The van der Waals surface area contributed by atoms with Crippen LogP contribution in [0.25, 0.3) is 11.0 Å². The Kier molecular flexibility index (Phi) is 6.64. The Morgan fingerprint density at radius 2 is 1.81 bits per heavy atom. The third-order valence-electron chi connectivity index (χ3n) is 6.20. The van der Waals surface area contributed by atoms with Crippen molar-refractivity contribution in [3.63, 3.8) is 0 Å². The molecule has 5 N–H and O–H groups in total. The molecule has 2 aromatic heterocycles. The molecule has 1 aliphatic rings. The lowest BCUT2D eigenvalue weighted by Crippen LogP contribution is -2.38. The topological polar surface area (TPSA) is 148 Å². The highest BCUT2D eigenvalue weighted by atomic mass is 19.1. The number of carbonyl (C=O) groups excluding carboxylic acids is 3. The van der Waals surface area contributed by atoms with E-state index in [4.69, 9.17) is 0 Å². The van der Waals surface area contributed by atoms with Crippen LogP contribution in [0, 0.1) is 11.7 Å². The molecule has 11 nitrogen and oxygen atoms in total. The van der Waals surface area contributed by atoms with Crippen molar-refractivity contribution in [3.05, 3.63) is 66.0 Å². The van der Waals surface area contributed by atoms with Gasteiger partial charge in [0.05, 0.1) is 34.7 Å². The summed E-state index contributed by atoms with van der Waals surface area (Å²) in [6, 6.07) is 11.5. The number of rotatable bonds is 6. The maximum Gasteiger partial charge on any atom is 0.276 e. The maximum absolute atomic E-state index is 15.2. The minimum Gasteiger partial charge on any atom is -0.340 e. The Balaban J connectivity index is 1.28. The van der Waals surface area contributed by atoms with E-state index in [0.29, 0.717) is 12.1 Å². The molecular formula is C25H25FN8O3. The number of aromatic nitrogens is 4. The largest absolute Gasteiger partial charge is 0.340 e. The van der Waals surface area contributed by atoms with Crippen molar-refractivity contribution in [2.24, 2.45) is 5.92 Å². The summed E-state index contributed by atoms with van der Waals surface area (Å²) in [6.07, 6.45) is 2.81. The molecule has 1 fully saturated rings. The lowest BCUT2D eigenvalue weighted by Gasteiger charge is -2.28. The first-order valence-electron chi connectivity index (χ1n) is 11.8. The van der Waals surface area contributed by atoms with E-state index in [2.05, 4.69) is 40.8 Å². The Morgan fingerprint density at radius 1 is 1.03 bits per heavy atom. The van der Waals surface area contributed by atoms with E-state index < -0.39 is 17.6 Å². The van der Waals surface area contributed by atoms with Gasteiger partial charge in [-0.3, -0.25) is 19.7 Å². The van der Waals surface area contributed by atoms with Crippen molar-refractivity contribution < 1.29 is 18.8 Å². The molecule has 37 heavy (non-hydrogen) atoms. The number of aromatic amines is 2.